The summed E-state index contributed by atoms with van der Waals surface area (Å²) in [4.78, 5) is 0. The highest BCUT2D eigenvalue weighted by Crippen LogP contribution is 2.37. The van der Waals surface area contributed by atoms with E-state index >= 15 is 0 Å². The van der Waals surface area contributed by atoms with Gasteiger partial charge in [0.15, 0.2) is 0 Å². The Hall–Kier alpha value is -1.01. The van der Waals surface area contributed by atoms with Gasteiger partial charge >= 0.3 is 0 Å². The SMILES string of the molecule is N#CCc1cc2c(c(Br)c1O)CCCCC2. The molecule has 3 heteroatoms. The molecule has 0 saturated heterocycles. The van der Waals surface area contributed by atoms with E-state index in [0.29, 0.717) is 0 Å². The molecular weight excluding hydrogens is 266 g/mol. The predicted octanol–water partition coefficient (Wildman–Crippen LogP) is 3.49. The van der Waals surface area contributed by atoms with Crippen LogP contribution in [0.3, 0.4) is 0 Å². The van der Waals surface area contributed by atoms with E-state index in [4.69, 9.17) is 5.26 Å². The summed E-state index contributed by atoms with van der Waals surface area (Å²) in [6, 6.07) is 4.10. The molecule has 2 nitrogen and oxygen atoms in total. The second-order valence-electron chi connectivity index (χ2n) is 4.23. The molecule has 0 heterocycles. The molecule has 16 heavy (non-hydrogen) atoms. The number of benzene rings is 1. The Morgan fingerprint density at radius 2 is 2.06 bits per heavy atom. The molecule has 2 rings (SSSR count). The molecule has 1 aromatic carbocycles. The molecule has 0 atom stereocenters. The van der Waals surface area contributed by atoms with Crippen LogP contribution in [0, 0.1) is 11.3 Å². The van der Waals surface area contributed by atoms with Crippen LogP contribution in [0.1, 0.15) is 36.0 Å². The van der Waals surface area contributed by atoms with Gasteiger partial charge in [-0.2, -0.15) is 5.26 Å². The quantitative estimate of drug-likeness (QED) is 0.800. The fraction of sp³-hybridized carbons (Fsp3) is 0.462. The van der Waals surface area contributed by atoms with E-state index in [0.717, 1.165) is 22.9 Å². The molecule has 84 valence electrons. The molecule has 0 spiro atoms. The standard InChI is InChI=1S/C13H14BrNO/c14-12-11-5-3-1-2-4-9(11)8-10(6-7-15)13(12)16/h8,16H,1-6H2. The third kappa shape index (κ3) is 2.08. The number of phenolic OH excluding ortho intramolecular Hbond substituents is 1. The summed E-state index contributed by atoms with van der Waals surface area (Å²) >= 11 is 3.46. The third-order valence-electron chi connectivity index (χ3n) is 3.16. The Labute approximate surface area is 104 Å². The van der Waals surface area contributed by atoms with Gasteiger partial charge in [-0.3, -0.25) is 0 Å². The van der Waals surface area contributed by atoms with Gasteiger partial charge in [0.25, 0.3) is 0 Å². The maximum absolute atomic E-state index is 9.98. The number of hydrogen-bond acceptors (Lipinski definition) is 2. The minimum Gasteiger partial charge on any atom is -0.506 e. The first-order valence-corrected chi connectivity index (χ1v) is 6.42. The largest absolute Gasteiger partial charge is 0.506 e. The topological polar surface area (TPSA) is 44.0 Å². The van der Waals surface area contributed by atoms with Crippen molar-refractivity contribution in [2.45, 2.75) is 38.5 Å². The number of aromatic hydroxyl groups is 1. The van der Waals surface area contributed by atoms with Crippen LogP contribution in [0.5, 0.6) is 5.75 Å². The Bertz CT molecular complexity index is 448. The van der Waals surface area contributed by atoms with Crippen molar-refractivity contribution in [1.29, 1.82) is 5.26 Å². The van der Waals surface area contributed by atoms with Crippen molar-refractivity contribution < 1.29 is 5.11 Å². The molecule has 0 amide bonds. The number of fused-ring (bicyclic) bond motifs is 1. The first-order valence-electron chi connectivity index (χ1n) is 5.63. The van der Waals surface area contributed by atoms with E-state index in [2.05, 4.69) is 22.0 Å². The molecule has 0 aliphatic heterocycles. The lowest BCUT2D eigenvalue weighted by Gasteiger charge is -2.13. The highest BCUT2D eigenvalue weighted by atomic mass is 79.9. The maximum Gasteiger partial charge on any atom is 0.134 e. The number of nitriles is 1. The van der Waals surface area contributed by atoms with Gasteiger partial charge in [-0.1, -0.05) is 12.5 Å². The number of nitrogens with zero attached hydrogens (tertiary/aromatic N) is 1. The number of rotatable bonds is 1. The van der Waals surface area contributed by atoms with Crippen LogP contribution in [0.15, 0.2) is 10.5 Å². The Kier molecular flexibility index (Phi) is 3.50. The van der Waals surface area contributed by atoms with Crippen molar-refractivity contribution in [3.05, 3.63) is 27.2 Å². The van der Waals surface area contributed by atoms with E-state index in [-0.39, 0.29) is 12.2 Å². The molecule has 0 bridgehead atoms. The van der Waals surface area contributed by atoms with Crippen LogP contribution < -0.4 is 0 Å². The Morgan fingerprint density at radius 3 is 2.81 bits per heavy atom. The average molecular weight is 280 g/mol. The zero-order chi connectivity index (χ0) is 11.5. The van der Waals surface area contributed by atoms with Crippen LogP contribution in [0.25, 0.3) is 0 Å². The first-order chi connectivity index (χ1) is 7.74. The zero-order valence-electron chi connectivity index (χ0n) is 9.09. The van der Waals surface area contributed by atoms with Gasteiger partial charge in [-0.25, -0.2) is 0 Å². The van der Waals surface area contributed by atoms with Crippen molar-refractivity contribution in [1.82, 2.24) is 0 Å². The Balaban J connectivity index is 2.51. The highest BCUT2D eigenvalue weighted by Gasteiger charge is 2.17. The lowest BCUT2D eigenvalue weighted by Crippen LogP contribution is -1.97. The van der Waals surface area contributed by atoms with E-state index in [1.54, 1.807) is 0 Å². The monoisotopic (exact) mass is 279 g/mol. The summed E-state index contributed by atoms with van der Waals surface area (Å²) in [6.45, 7) is 0. The van der Waals surface area contributed by atoms with Gasteiger partial charge < -0.3 is 5.11 Å². The van der Waals surface area contributed by atoms with Crippen molar-refractivity contribution in [3.8, 4) is 11.8 Å². The number of phenols is 1. The molecule has 0 aromatic heterocycles. The van der Waals surface area contributed by atoms with Gasteiger partial charge in [0.2, 0.25) is 0 Å². The van der Waals surface area contributed by atoms with E-state index in [9.17, 15) is 5.11 Å². The molecule has 0 unspecified atom stereocenters. The van der Waals surface area contributed by atoms with Crippen molar-refractivity contribution in [3.63, 3.8) is 0 Å². The van der Waals surface area contributed by atoms with Crippen LogP contribution in [-0.4, -0.2) is 5.11 Å². The summed E-state index contributed by atoms with van der Waals surface area (Å²) in [5.74, 6) is 0.252. The van der Waals surface area contributed by atoms with Crippen molar-refractivity contribution in [2.24, 2.45) is 0 Å². The van der Waals surface area contributed by atoms with E-state index in [1.165, 1.54) is 30.4 Å². The molecule has 1 aliphatic carbocycles. The lowest BCUT2D eigenvalue weighted by molar-refractivity contribution is 0.465. The number of hydrogen-bond donors (Lipinski definition) is 1. The molecular formula is C13H14BrNO. The minimum absolute atomic E-state index is 0.252. The van der Waals surface area contributed by atoms with E-state index < -0.39 is 0 Å². The predicted molar refractivity (Wildman–Crippen MR) is 66.4 cm³/mol. The molecule has 0 fully saturated rings. The summed E-state index contributed by atoms with van der Waals surface area (Å²) in [6.07, 6.45) is 6.00. The smallest absolute Gasteiger partial charge is 0.134 e. The fourth-order valence-electron chi connectivity index (χ4n) is 2.30. The highest BCUT2D eigenvalue weighted by molar-refractivity contribution is 9.10. The number of aryl methyl sites for hydroxylation is 1. The number of halogens is 1. The van der Waals surface area contributed by atoms with Crippen LogP contribution >= 0.6 is 15.9 Å². The van der Waals surface area contributed by atoms with Crippen LogP contribution in [0.4, 0.5) is 0 Å². The fourth-order valence-corrected chi connectivity index (χ4v) is 3.01. The van der Waals surface area contributed by atoms with Crippen LogP contribution in [-0.2, 0) is 19.3 Å². The third-order valence-corrected chi connectivity index (χ3v) is 4.01. The summed E-state index contributed by atoms with van der Waals surface area (Å²) < 4.78 is 0.803. The average Bonchev–Trinajstić information content (AvgIpc) is 2.51. The molecule has 0 radical (unpaired) electrons. The maximum atomic E-state index is 9.98. The van der Waals surface area contributed by atoms with Gasteiger partial charge in [0, 0.05) is 5.56 Å². The first kappa shape index (κ1) is 11.5. The Morgan fingerprint density at radius 1 is 1.31 bits per heavy atom. The molecule has 1 aliphatic rings. The van der Waals surface area contributed by atoms with Gasteiger partial charge in [-0.05, 0) is 52.7 Å². The van der Waals surface area contributed by atoms with Gasteiger partial charge in [-0.15, -0.1) is 0 Å². The van der Waals surface area contributed by atoms with Crippen molar-refractivity contribution >= 4 is 15.9 Å². The normalized spacial score (nSPS) is 15.0. The second kappa shape index (κ2) is 4.88. The molecule has 1 N–H and O–H groups in total. The molecule has 0 saturated carbocycles. The molecule has 1 aromatic rings. The van der Waals surface area contributed by atoms with Gasteiger partial charge in [0.05, 0.1) is 17.0 Å². The summed E-state index contributed by atoms with van der Waals surface area (Å²) in [7, 11) is 0. The zero-order valence-corrected chi connectivity index (χ0v) is 10.7. The summed E-state index contributed by atoms with van der Waals surface area (Å²) in [5, 5.41) is 18.7. The second-order valence-corrected chi connectivity index (χ2v) is 5.02. The van der Waals surface area contributed by atoms with Crippen molar-refractivity contribution in [2.75, 3.05) is 0 Å². The van der Waals surface area contributed by atoms with Gasteiger partial charge in [0.1, 0.15) is 5.75 Å². The van der Waals surface area contributed by atoms with Crippen LogP contribution in [0.2, 0.25) is 0 Å². The minimum atomic E-state index is 0.252. The van der Waals surface area contributed by atoms with E-state index in [1.807, 2.05) is 6.07 Å². The summed E-state index contributed by atoms with van der Waals surface area (Å²) in [5.41, 5.74) is 3.28. The lowest BCUT2D eigenvalue weighted by atomic mass is 9.98.